The third-order valence-corrected chi connectivity index (χ3v) is 2.75. The van der Waals surface area contributed by atoms with Gasteiger partial charge >= 0.3 is 0 Å². The van der Waals surface area contributed by atoms with Gasteiger partial charge in [0, 0.05) is 17.8 Å². The monoisotopic (exact) mass is 229 g/mol. The first kappa shape index (κ1) is 11.5. The van der Waals surface area contributed by atoms with Gasteiger partial charge in [0.2, 0.25) is 0 Å². The highest BCUT2D eigenvalue weighted by Gasteiger charge is 2.26. The third kappa shape index (κ3) is 1.99. The molecule has 0 aliphatic carbocycles. The Morgan fingerprint density at radius 3 is 2.94 bits per heavy atom. The van der Waals surface area contributed by atoms with E-state index in [1.807, 2.05) is 31.2 Å². The summed E-state index contributed by atoms with van der Waals surface area (Å²) in [7, 11) is 0. The lowest BCUT2D eigenvalue weighted by Gasteiger charge is -2.22. The number of nitrogens with zero attached hydrogens (tertiary/aromatic N) is 2. The molecule has 1 aromatic rings. The van der Waals surface area contributed by atoms with Crippen LogP contribution in [0, 0.1) is 0 Å². The summed E-state index contributed by atoms with van der Waals surface area (Å²) in [5.74, 6) is -0.200. The Kier molecular flexibility index (Phi) is 3.06. The number of carbonyl (C=O) groups is 1. The average molecular weight is 229 g/mol. The van der Waals surface area contributed by atoms with Crippen molar-refractivity contribution in [1.29, 1.82) is 0 Å². The molecular weight excluding hydrogens is 214 g/mol. The van der Waals surface area contributed by atoms with E-state index in [1.54, 1.807) is 11.0 Å². The van der Waals surface area contributed by atoms with Crippen molar-refractivity contribution in [3.05, 3.63) is 42.5 Å². The Bertz CT molecular complexity index is 493. The highest BCUT2D eigenvalue weighted by molar-refractivity contribution is 6.11. The quantitative estimate of drug-likeness (QED) is 0.777. The molecule has 17 heavy (non-hydrogen) atoms. The standard InChI is InChI=1S/C13H15N3O/c1-3-8-16-11-7-5-4-6-10(11)9(2)15-12(14)13(16)17/h3-7,12H,1,8,14H2,2H3. The molecular formula is C13H15N3O. The molecule has 2 N–H and O–H groups in total. The summed E-state index contributed by atoms with van der Waals surface area (Å²) in [4.78, 5) is 17.9. The van der Waals surface area contributed by atoms with Gasteiger partial charge in [0.15, 0.2) is 6.17 Å². The van der Waals surface area contributed by atoms with E-state index in [0.29, 0.717) is 6.54 Å². The number of benzodiazepines with no additional fused rings is 1. The molecule has 0 saturated carbocycles. The van der Waals surface area contributed by atoms with Gasteiger partial charge in [-0.25, -0.2) is 0 Å². The van der Waals surface area contributed by atoms with Crippen molar-refractivity contribution in [2.45, 2.75) is 13.1 Å². The molecule has 1 heterocycles. The number of hydrogen-bond donors (Lipinski definition) is 1. The number of anilines is 1. The van der Waals surface area contributed by atoms with Crippen LogP contribution in [0.15, 0.2) is 41.9 Å². The molecule has 4 nitrogen and oxygen atoms in total. The maximum Gasteiger partial charge on any atom is 0.266 e. The fourth-order valence-corrected chi connectivity index (χ4v) is 1.94. The predicted octanol–water partition coefficient (Wildman–Crippen LogP) is 1.31. The molecule has 1 aromatic carbocycles. The van der Waals surface area contributed by atoms with Crippen LogP contribution in [0.2, 0.25) is 0 Å². The van der Waals surface area contributed by atoms with Crippen molar-refractivity contribution in [2.24, 2.45) is 10.7 Å². The largest absolute Gasteiger partial charge is 0.305 e. The molecule has 0 aromatic heterocycles. The van der Waals surface area contributed by atoms with Crippen LogP contribution in [0.25, 0.3) is 0 Å². The molecule has 1 unspecified atom stereocenters. The highest BCUT2D eigenvalue weighted by Crippen LogP contribution is 2.24. The van der Waals surface area contributed by atoms with Gasteiger partial charge in [0.05, 0.1) is 5.69 Å². The zero-order valence-corrected chi connectivity index (χ0v) is 9.76. The Hall–Kier alpha value is -1.94. The second-order valence-electron chi connectivity index (χ2n) is 3.91. The first-order valence-electron chi connectivity index (χ1n) is 5.47. The number of amides is 1. The Balaban J connectivity index is 2.59. The molecule has 4 heteroatoms. The van der Waals surface area contributed by atoms with Crippen molar-refractivity contribution < 1.29 is 4.79 Å². The number of benzene rings is 1. The van der Waals surface area contributed by atoms with E-state index in [9.17, 15) is 4.79 Å². The maximum atomic E-state index is 12.1. The zero-order chi connectivity index (χ0) is 12.4. The molecule has 1 aliphatic heterocycles. The summed E-state index contributed by atoms with van der Waals surface area (Å²) in [6.45, 7) is 5.97. The highest BCUT2D eigenvalue weighted by atomic mass is 16.2. The first-order chi connectivity index (χ1) is 8.15. The first-order valence-corrected chi connectivity index (χ1v) is 5.47. The summed E-state index contributed by atoms with van der Waals surface area (Å²) in [6, 6.07) is 7.65. The van der Waals surface area contributed by atoms with E-state index in [0.717, 1.165) is 17.0 Å². The Morgan fingerprint density at radius 2 is 2.24 bits per heavy atom. The SMILES string of the molecule is C=CCN1C(=O)C(N)N=C(C)c2ccccc21. The lowest BCUT2D eigenvalue weighted by atomic mass is 10.1. The summed E-state index contributed by atoms with van der Waals surface area (Å²) in [5, 5.41) is 0. The molecule has 2 rings (SSSR count). The van der Waals surface area contributed by atoms with Crippen LogP contribution in [-0.4, -0.2) is 24.3 Å². The van der Waals surface area contributed by atoms with Crippen LogP contribution in [0.5, 0.6) is 0 Å². The molecule has 0 bridgehead atoms. The van der Waals surface area contributed by atoms with Crippen molar-refractivity contribution in [1.82, 2.24) is 0 Å². The van der Waals surface area contributed by atoms with Crippen molar-refractivity contribution in [3.8, 4) is 0 Å². The van der Waals surface area contributed by atoms with E-state index in [-0.39, 0.29) is 5.91 Å². The molecule has 88 valence electrons. The molecule has 0 saturated heterocycles. The second kappa shape index (κ2) is 4.51. The lowest BCUT2D eigenvalue weighted by Crippen LogP contribution is -2.42. The Labute approximate surface area is 100 Å². The summed E-state index contributed by atoms with van der Waals surface area (Å²) < 4.78 is 0. The lowest BCUT2D eigenvalue weighted by molar-refractivity contribution is -0.119. The third-order valence-electron chi connectivity index (χ3n) is 2.75. The maximum absolute atomic E-state index is 12.1. The van der Waals surface area contributed by atoms with Gasteiger partial charge in [-0.1, -0.05) is 24.3 Å². The van der Waals surface area contributed by atoms with Gasteiger partial charge in [-0.3, -0.25) is 9.79 Å². The zero-order valence-electron chi connectivity index (χ0n) is 9.76. The number of hydrogen-bond acceptors (Lipinski definition) is 3. The Morgan fingerprint density at radius 1 is 1.53 bits per heavy atom. The number of nitrogens with two attached hydrogens (primary N) is 1. The number of rotatable bonds is 2. The predicted molar refractivity (Wildman–Crippen MR) is 69.2 cm³/mol. The van der Waals surface area contributed by atoms with Gasteiger partial charge in [-0.15, -0.1) is 6.58 Å². The van der Waals surface area contributed by atoms with E-state index >= 15 is 0 Å². The van der Waals surface area contributed by atoms with Gasteiger partial charge in [-0.2, -0.15) is 0 Å². The molecule has 0 spiro atoms. The molecule has 1 amide bonds. The smallest absolute Gasteiger partial charge is 0.266 e. The minimum atomic E-state index is -0.831. The van der Waals surface area contributed by atoms with Crippen LogP contribution in [-0.2, 0) is 4.79 Å². The molecule has 1 aliphatic rings. The van der Waals surface area contributed by atoms with Gasteiger partial charge in [0.1, 0.15) is 0 Å². The topological polar surface area (TPSA) is 58.7 Å². The fourth-order valence-electron chi connectivity index (χ4n) is 1.94. The van der Waals surface area contributed by atoms with E-state index in [4.69, 9.17) is 5.73 Å². The van der Waals surface area contributed by atoms with Crippen molar-refractivity contribution in [3.63, 3.8) is 0 Å². The summed E-state index contributed by atoms with van der Waals surface area (Å²) in [5.41, 5.74) is 8.32. The summed E-state index contributed by atoms with van der Waals surface area (Å²) in [6.07, 6.45) is 0.851. The van der Waals surface area contributed by atoms with Crippen LogP contribution in [0.4, 0.5) is 5.69 Å². The van der Waals surface area contributed by atoms with Crippen LogP contribution in [0.3, 0.4) is 0 Å². The van der Waals surface area contributed by atoms with E-state index in [1.165, 1.54) is 0 Å². The fraction of sp³-hybridized carbons (Fsp3) is 0.231. The van der Waals surface area contributed by atoms with Crippen molar-refractivity contribution in [2.75, 3.05) is 11.4 Å². The molecule has 1 atom stereocenters. The molecule has 0 radical (unpaired) electrons. The number of aliphatic imine (C=N–C) groups is 1. The number of carbonyl (C=O) groups excluding carboxylic acids is 1. The summed E-state index contributed by atoms with van der Waals surface area (Å²) >= 11 is 0. The van der Waals surface area contributed by atoms with E-state index < -0.39 is 6.17 Å². The average Bonchev–Trinajstić information content (AvgIpc) is 2.42. The second-order valence-corrected chi connectivity index (χ2v) is 3.91. The van der Waals surface area contributed by atoms with E-state index in [2.05, 4.69) is 11.6 Å². The van der Waals surface area contributed by atoms with Crippen LogP contribution >= 0.6 is 0 Å². The minimum absolute atomic E-state index is 0.200. The van der Waals surface area contributed by atoms with Gasteiger partial charge in [0.25, 0.3) is 5.91 Å². The normalized spacial score (nSPS) is 19.4. The molecule has 0 fully saturated rings. The van der Waals surface area contributed by atoms with Crippen LogP contribution < -0.4 is 10.6 Å². The number of fused-ring (bicyclic) bond motifs is 1. The number of para-hydroxylation sites is 1. The van der Waals surface area contributed by atoms with Crippen molar-refractivity contribution >= 4 is 17.3 Å². The van der Waals surface area contributed by atoms with Gasteiger partial charge < -0.3 is 10.6 Å². The van der Waals surface area contributed by atoms with Crippen LogP contribution in [0.1, 0.15) is 12.5 Å². The van der Waals surface area contributed by atoms with Gasteiger partial charge in [-0.05, 0) is 13.0 Å². The minimum Gasteiger partial charge on any atom is -0.305 e.